The Bertz CT molecular complexity index is 1910. The lowest BCUT2D eigenvalue weighted by Crippen LogP contribution is -2.32. The molecule has 0 saturated heterocycles. The number of carbonyl (C=O) groups is 5. The van der Waals surface area contributed by atoms with Crippen molar-refractivity contribution in [2.24, 2.45) is 0 Å². The Hall–Kier alpha value is -7.21. The maximum absolute atomic E-state index is 12.5. The van der Waals surface area contributed by atoms with E-state index in [9.17, 15) is 45.9 Å². The third-order valence-corrected chi connectivity index (χ3v) is 7.60. The van der Waals surface area contributed by atoms with Gasteiger partial charge >= 0.3 is 0 Å². The van der Waals surface area contributed by atoms with Crippen molar-refractivity contribution < 1.29 is 45.9 Å². The fraction of sp³-hybridized carbons (Fsp3) is 0.234. The molecule has 336 valence electrons. The first-order chi connectivity index (χ1) is 27.8. The lowest BCUT2D eigenvalue weighted by Gasteiger charge is -2.14. The predicted molar refractivity (Wildman–Crippen MR) is 236 cm³/mol. The van der Waals surface area contributed by atoms with E-state index in [0.717, 1.165) is 16.7 Å². The van der Waals surface area contributed by atoms with Crippen molar-refractivity contribution in [2.45, 2.75) is 74.8 Å². The molecule has 4 N–H and O–H groups in total. The minimum Gasteiger partial charge on any atom is -0.352 e. The van der Waals surface area contributed by atoms with Gasteiger partial charge in [-0.15, -0.1) is 0 Å². The second-order valence-corrected chi connectivity index (χ2v) is 11.7. The van der Waals surface area contributed by atoms with E-state index in [4.69, 9.17) is 6.57 Å². The van der Waals surface area contributed by atoms with Crippen LogP contribution in [0.15, 0.2) is 121 Å². The van der Waals surface area contributed by atoms with Gasteiger partial charge in [0.2, 0.25) is 31.7 Å². The molecule has 0 aliphatic rings. The molecule has 0 bridgehead atoms. The lowest BCUT2D eigenvalue weighted by atomic mass is 10.1. The third kappa shape index (κ3) is 25.3. The number of hydrogen-bond donors (Lipinski definition) is 4. The van der Waals surface area contributed by atoms with Crippen LogP contribution >= 0.6 is 0 Å². The van der Waals surface area contributed by atoms with Crippen LogP contribution < -0.4 is 21.3 Å². The molecular weight excluding hydrogens is 810 g/mol. The fourth-order valence-corrected chi connectivity index (χ4v) is 4.29. The summed E-state index contributed by atoms with van der Waals surface area (Å²) in [6.45, 7) is 12.2. The molecule has 5 rings (SSSR count). The predicted octanol–water partition coefficient (Wildman–Crippen LogP) is 10.6. The normalized spacial score (nSPS) is 10.3. The molecule has 62 heavy (non-hydrogen) atoms. The Labute approximate surface area is 362 Å². The molecule has 5 aromatic carbocycles. The van der Waals surface area contributed by atoms with Gasteiger partial charge in [-0.3, -0.25) is 24.0 Å². The molecule has 0 heterocycles. The molecule has 15 heteroatoms. The van der Waals surface area contributed by atoms with Gasteiger partial charge < -0.3 is 26.1 Å². The molecule has 0 aromatic heterocycles. The lowest BCUT2D eigenvalue weighted by molar-refractivity contribution is -0.113. The van der Waals surface area contributed by atoms with Gasteiger partial charge in [0.25, 0.3) is 0 Å². The van der Waals surface area contributed by atoms with Crippen LogP contribution in [0.25, 0.3) is 4.85 Å². The maximum Gasteiger partial charge on any atom is 0.245 e. The maximum atomic E-state index is 12.5. The first kappa shape index (κ1) is 61.5. The van der Waals surface area contributed by atoms with E-state index in [2.05, 4.69) is 26.1 Å². The molecule has 0 aliphatic heterocycles. The van der Waals surface area contributed by atoms with E-state index in [-0.39, 0.29) is 76.9 Å². The summed E-state index contributed by atoms with van der Waals surface area (Å²) in [4.78, 5) is 53.8. The van der Waals surface area contributed by atoms with Gasteiger partial charge in [0, 0.05) is 18.1 Å². The van der Waals surface area contributed by atoms with Crippen molar-refractivity contribution in [3.63, 3.8) is 0 Å². The summed E-state index contributed by atoms with van der Waals surface area (Å²) in [7, 11) is 0. The molecule has 5 aromatic rings. The van der Waals surface area contributed by atoms with Crippen LogP contribution in [0.1, 0.15) is 107 Å². The number of amides is 4. The summed E-state index contributed by atoms with van der Waals surface area (Å²) in [5.41, 5.74) is 3.75. The van der Waals surface area contributed by atoms with Crippen LogP contribution in [0.3, 0.4) is 0 Å². The van der Waals surface area contributed by atoms with Crippen LogP contribution in [0.4, 0.5) is 22.0 Å². The Balaban J connectivity index is -0.000000336. The monoisotopic (exact) mass is 867 g/mol. The Morgan fingerprint density at radius 3 is 0.935 bits per heavy atom. The fourth-order valence-electron chi connectivity index (χ4n) is 4.29. The summed E-state index contributed by atoms with van der Waals surface area (Å²) in [5, 5.41) is 9.90. The van der Waals surface area contributed by atoms with Gasteiger partial charge in [-0.25, -0.2) is 28.5 Å². The number of halogens is 5. The van der Waals surface area contributed by atoms with Gasteiger partial charge in [-0.05, 0) is 115 Å². The van der Waals surface area contributed by atoms with E-state index in [1.807, 2.05) is 13.8 Å². The van der Waals surface area contributed by atoms with Crippen LogP contribution in [0.2, 0.25) is 0 Å². The molecule has 0 saturated carbocycles. The van der Waals surface area contributed by atoms with Crippen molar-refractivity contribution >= 4 is 31.9 Å². The van der Waals surface area contributed by atoms with Crippen LogP contribution in [0.5, 0.6) is 0 Å². The van der Waals surface area contributed by atoms with Crippen molar-refractivity contribution in [1.29, 1.82) is 0 Å². The average Bonchev–Trinajstić information content (AvgIpc) is 3.23. The summed E-state index contributed by atoms with van der Waals surface area (Å²) in [6, 6.07) is 28.6. The highest BCUT2D eigenvalue weighted by Gasteiger charge is 2.08. The summed E-state index contributed by atoms with van der Waals surface area (Å²) in [6.07, 6.45) is 2.25. The summed E-state index contributed by atoms with van der Waals surface area (Å²) < 4.78 is 61.9. The second kappa shape index (κ2) is 35.7. The number of benzene rings is 5. The number of hydrogen-bond acceptors (Lipinski definition) is 5. The molecule has 4 amide bonds. The molecule has 3 unspecified atom stereocenters. The van der Waals surface area contributed by atoms with E-state index in [0.29, 0.717) is 43.1 Å². The summed E-state index contributed by atoms with van der Waals surface area (Å²) >= 11 is 0. The standard InChI is InChI=1S/C9H9FN2O2.2C9H10FNO.C9H8FN.C7H5FO.4CH4/c10-8-3-1-7(2-4-8)9(11-5-13)12-6-14;2*1-7(11-6-12)8-2-4-9(10)5-3-8;1-7(11-2)8-3-5-9(10)6-4-8;8-7-3-1-6(5-9)2-4-7;;;;/h1-6,9H,(H,11,13)(H,12,14);2*2-7H,1H3,(H,11,12);3-7H,1H3;1-5H;4*1H4. The van der Waals surface area contributed by atoms with Gasteiger partial charge in [-0.1, -0.05) is 66.1 Å². The van der Waals surface area contributed by atoms with Crippen LogP contribution in [0, 0.1) is 35.7 Å². The highest BCUT2D eigenvalue weighted by molar-refractivity contribution is 5.74. The van der Waals surface area contributed by atoms with Crippen molar-refractivity contribution in [3.8, 4) is 0 Å². The smallest absolute Gasteiger partial charge is 0.245 e. The van der Waals surface area contributed by atoms with Crippen LogP contribution in [-0.4, -0.2) is 31.9 Å². The molecule has 3 atom stereocenters. The number of nitrogens with zero attached hydrogens (tertiary/aromatic N) is 1. The largest absolute Gasteiger partial charge is 0.352 e. The SMILES string of the molecule is C.C.C.C.CC(NC=O)c1ccc(F)cc1.CC(NC=O)c1ccc(F)cc1.O=CNC(NC=O)c1ccc(F)cc1.O=Cc1ccc(F)cc1.[C-]#[N+]C(C)c1ccc(F)cc1. The zero-order chi connectivity index (χ0) is 43.3. The molecule has 0 spiro atoms. The molecule has 0 radical (unpaired) electrons. The zero-order valence-electron chi connectivity index (χ0n) is 31.6. The van der Waals surface area contributed by atoms with E-state index >= 15 is 0 Å². The Kier molecular flexibility index (Phi) is 35.4. The minimum absolute atomic E-state index is 0. The van der Waals surface area contributed by atoms with E-state index in [1.54, 1.807) is 43.3 Å². The highest BCUT2D eigenvalue weighted by Crippen LogP contribution is 2.16. The highest BCUT2D eigenvalue weighted by atomic mass is 19.1. The van der Waals surface area contributed by atoms with Crippen LogP contribution in [-0.2, 0) is 19.2 Å². The first-order valence-electron chi connectivity index (χ1n) is 17.2. The van der Waals surface area contributed by atoms with Gasteiger partial charge in [0.15, 0.2) is 0 Å². The van der Waals surface area contributed by atoms with E-state index < -0.39 is 6.17 Å². The topological polar surface area (TPSA) is 138 Å². The first-order valence-corrected chi connectivity index (χ1v) is 17.2. The second-order valence-electron chi connectivity index (χ2n) is 11.7. The third-order valence-electron chi connectivity index (χ3n) is 7.60. The van der Waals surface area contributed by atoms with Crippen molar-refractivity contribution in [1.82, 2.24) is 21.3 Å². The summed E-state index contributed by atoms with van der Waals surface area (Å²) in [5.74, 6) is -1.48. The van der Waals surface area contributed by atoms with Gasteiger partial charge in [-0.2, -0.15) is 0 Å². The number of aldehydes is 1. The number of nitrogens with one attached hydrogen (secondary N) is 4. The number of carbonyl (C=O) groups excluding carboxylic acids is 5. The van der Waals surface area contributed by atoms with Gasteiger partial charge in [0.05, 0.1) is 12.1 Å². The van der Waals surface area contributed by atoms with Gasteiger partial charge in [0.1, 0.15) is 41.5 Å². The Morgan fingerprint density at radius 2 is 0.677 bits per heavy atom. The van der Waals surface area contributed by atoms with E-state index in [1.165, 1.54) is 84.9 Å². The minimum atomic E-state index is -0.620. The molecular formula is C47H58F5N5O5. The number of rotatable bonds is 13. The zero-order valence-corrected chi connectivity index (χ0v) is 31.6. The molecule has 0 fully saturated rings. The quantitative estimate of drug-likeness (QED) is 0.0404. The molecule has 10 nitrogen and oxygen atoms in total. The Morgan fingerprint density at radius 1 is 0.419 bits per heavy atom. The van der Waals surface area contributed by atoms with Crippen molar-refractivity contribution in [3.05, 3.63) is 190 Å². The average molecular weight is 868 g/mol. The van der Waals surface area contributed by atoms with Crippen molar-refractivity contribution in [2.75, 3.05) is 0 Å². The molecule has 0 aliphatic carbocycles.